The number of nitrogens with zero attached hydrogens (tertiary/aromatic N) is 2. The van der Waals surface area contributed by atoms with Gasteiger partial charge in [0.2, 0.25) is 0 Å². The third-order valence-corrected chi connectivity index (χ3v) is 16.0. The van der Waals surface area contributed by atoms with Gasteiger partial charge in [-0.25, -0.2) is 9.97 Å². The summed E-state index contributed by atoms with van der Waals surface area (Å²) in [5.41, 5.74) is 19.7. The fourth-order valence-electron chi connectivity index (χ4n) is 9.32. The highest BCUT2D eigenvalue weighted by atomic mass is 28.3. The summed E-state index contributed by atoms with van der Waals surface area (Å²) >= 11 is 0. The van der Waals surface area contributed by atoms with Gasteiger partial charge < -0.3 is 0 Å². The first-order chi connectivity index (χ1) is 31.0. The smallest absolute Gasteiger partial charge is 0.159 e. The van der Waals surface area contributed by atoms with Crippen LogP contribution in [0.15, 0.2) is 231 Å². The molecule has 2 nitrogen and oxygen atoms in total. The molecule has 2 heterocycles. The lowest BCUT2D eigenvalue weighted by Gasteiger charge is -2.19. The molecule has 1 aliphatic heterocycles. The standard InChI is InChI=1S/C60H44N2Si/c1-63(2)56-30-13-12-29-55(56)57-58(50-27-15-23-46(36-50)42-19-8-4-9-20-42)61-59(62-60(57)63)51-28-16-25-48(37-51)47-24-14-26-49(35-47)54-39-52(43-21-10-5-11-22-43)38-53(40-54)45-33-31-44(32-34-45)41-17-6-3-7-18-41/h3-40H,1-2H3. The average molecular weight is 821 g/mol. The maximum absolute atomic E-state index is 5.51. The van der Waals surface area contributed by atoms with Crippen LogP contribution in [-0.2, 0) is 0 Å². The molecule has 0 saturated heterocycles. The van der Waals surface area contributed by atoms with Gasteiger partial charge in [-0.1, -0.05) is 207 Å². The summed E-state index contributed by atoms with van der Waals surface area (Å²) in [7, 11) is -2.14. The molecule has 11 rings (SSSR count). The van der Waals surface area contributed by atoms with Crippen molar-refractivity contribution in [2.24, 2.45) is 0 Å². The van der Waals surface area contributed by atoms with Crippen LogP contribution in [0.3, 0.4) is 0 Å². The number of fused-ring (bicyclic) bond motifs is 3. The lowest BCUT2D eigenvalue weighted by Crippen LogP contribution is -2.50. The van der Waals surface area contributed by atoms with Gasteiger partial charge in [-0.3, -0.25) is 0 Å². The largest absolute Gasteiger partial charge is 0.237 e. The Morgan fingerprint density at radius 3 is 1.22 bits per heavy atom. The van der Waals surface area contributed by atoms with Crippen LogP contribution in [0.4, 0.5) is 0 Å². The van der Waals surface area contributed by atoms with Crippen LogP contribution in [0.2, 0.25) is 13.1 Å². The maximum Gasteiger partial charge on any atom is 0.159 e. The highest BCUT2D eigenvalue weighted by Gasteiger charge is 2.41. The van der Waals surface area contributed by atoms with Crippen molar-refractivity contribution >= 4 is 18.6 Å². The van der Waals surface area contributed by atoms with Crippen molar-refractivity contribution in [2.45, 2.75) is 13.1 Å². The van der Waals surface area contributed by atoms with Crippen molar-refractivity contribution in [1.29, 1.82) is 0 Å². The first-order valence-corrected chi connectivity index (χ1v) is 24.7. The molecular weight excluding hydrogens is 777 g/mol. The zero-order chi connectivity index (χ0) is 42.3. The first-order valence-electron chi connectivity index (χ1n) is 21.7. The van der Waals surface area contributed by atoms with Crippen molar-refractivity contribution in [2.75, 3.05) is 0 Å². The van der Waals surface area contributed by atoms with Crippen LogP contribution >= 0.6 is 0 Å². The van der Waals surface area contributed by atoms with E-state index in [1.165, 1.54) is 71.7 Å². The Morgan fingerprint density at radius 2 is 0.635 bits per heavy atom. The van der Waals surface area contributed by atoms with Crippen molar-refractivity contribution in [1.82, 2.24) is 9.97 Å². The molecule has 0 unspecified atom stereocenters. The third kappa shape index (κ3) is 7.23. The molecule has 10 aromatic rings. The van der Waals surface area contributed by atoms with Crippen LogP contribution in [-0.4, -0.2) is 18.0 Å². The van der Waals surface area contributed by atoms with Crippen LogP contribution < -0.4 is 10.5 Å². The fourth-order valence-corrected chi connectivity index (χ4v) is 12.2. The Hall–Kier alpha value is -7.72. The molecule has 0 radical (unpaired) electrons. The fraction of sp³-hybridized carbons (Fsp3) is 0.0333. The van der Waals surface area contributed by atoms with Gasteiger partial charge >= 0.3 is 0 Å². The van der Waals surface area contributed by atoms with Gasteiger partial charge in [-0.05, 0) is 114 Å². The van der Waals surface area contributed by atoms with E-state index in [0.29, 0.717) is 0 Å². The minimum atomic E-state index is -2.14. The van der Waals surface area contributed by atoms with E-state index in [1.54, 1.807) is 0 Å². The van der Waals surface area contributed by atoms with E-state index in [4.69, 9.17) is 9.97 Å². The molecule has 0 N–H and O–H groups in total. The summed E-state index contributed by atoms with van der Waals surface area (Å²) in [5.74, 6) is 0.763. The Kier molecular flexibility index (Phi) is 9.68. The SMILES string of the molecule is C[Si]1(C)c2ccccc2-c2c(-c3cccc(-c4ccccc4)c3)nc(-c3cccc(-c4cccc(-c5cc(-c6ccccc6)cc(-c6ccc(-c7ccccc7)cc6)c5)c4)c3)nc21. The summed E-state index contributed by atoms with van der Waals surface area (Å²) in [6.45, 7) is 4.86. The molecule has 298 valence electrons. The highest BCUT2D eigenvalue weighted by molar-refractivity contribution is 7.03. The van der Waals surface area contributed by atoms with Crippen LogP contribution in [0.5, 0.6) is 0 Å². The predicted molar refractivity (Wildman–Crippen MR) is 268 cm³/mol. The maximum atomic E-state index is 5.51. The molecular formula is C60H44N2Si. The van der Waals surface area contributed by atoms with Gasteiger partial charge in [0, 0.05) is 22.0 Å². The Morgan fingerprint density at radius 1 is 0.286 bits per heavy atom. The van der Waals surface area contributed by atoms with Crippen LogP contribution in [0, 0.1) is 0 Å². The lowest BCUT2D eigenvalue weighted by atomic mass is 9.91. The van der Waals surface area contributed by atoms with Gasteiger partial charge in [0.15, 0.2) is 5.82 Å². The first kappa shape index (κ1) is 38.2. The molecule has 1 aromatic heterocycles. The van der Waals surface area contributed by atoms with Crippen LogP contribution in [0.1, 0.15) is 0 Å². The van der Waals surface area contributed by atoms with E-state index in [9.17, 15) is 0 Å². The number of hydrogen-bond donors (Lipinski definition) is 0. The summed E-state index contributed by atoms with van der Waals surface area (Å²) < 4.78 is 0. The molecule has 0 aliphatic carbocycles. The molecule has 0 bridgehead atoms. The molecule has 1 aliphatic rings. The van der Waals surface area contributed by atoms with E-state index in [-0.39, 0.29) is 0 Å². The van der Waals surface area contributed by atoms with E-state index in [1.807, 2.05) is 0 Å². The quantitative estimate of drug-likeness (QED) is 0.143. The molecule has 0 spiro atoms. The van der Waals surface area contributed by atoms with E-state index >= 15 is 0 Å². The average Bonchev–Trinajstić information content (AvgIpc) is 3.60. The minimum Gasteiger partial charge on any atom is -0.237 e. The minimum absolute atomic E-state index is 0.763. The summed E-state index contributed by atoms with van der Waals surface area (Å²) in [6.07, 6.45) is 0. The molecule has 9 aromatic carbocycles. The molecule has 3 heteroatoms. The zero-order valence-corrected chi connectivity index (χ0v) is 36.3. The second-order valence-corrected chi connectivity index (χ2v) is 21.3. The third-order valence-electron chi connectivity index (χ3n) is 12.6. The van der Waals surface area contributed by atoms with Crippen LogP contribution in [0.25, 0.3) is 101 Å². The monoisotopic (exact) mass is 820 g/mol. The predicted octanol–water partition coefficient (Wildman–Crippen LogP) is 14.6. The number of rotatable bonds is 8. The number of benzene rings is 9. The second-order valence-electron chi connectivity index (χ2n) is 17.0. The zero-order valence-electron chi connectivity index (χ0n) is 35.3. The summed E-state index contributed by atoms with van der Waals surface area (Å²) in [5, 5.41) is 2.62. The molecule has 0 amide bonds. The van der Waals surface area contributed by atoms with Crippen molar-refractivity contribution < 1.29 is 0 Å². The van der Waals surface area contributed by atoms with Gasteiger partial charge in [-0.2, -0.15) is 0 Å². The molecule has 0 saturated carbocycles. The Labute approximate surface area is 370 Å². The number of hydrogen-bond acceptors (Lipinski definition) is 2. The van der Waals surface area contributed by atoms with Gasteiger partial charge in [0.05, 0.1) is 5.69 Å². The van der Waals surface area contributed by atoms with Crippen molar-refractivity contribution in [3.05, 3.63) is 231 Å². The lowest BCUT2D eigenvalue weighted by molar-refractivity contribution is 1.21. The summed E-state index contributed by atoms with van der Waals surface area (Å²) in [4.78, 5) is 11.0. The highest BCUT2D eigenvalue weighted by Crippen LogP contribution is 2.39. The van der Waals surface area contributed by atoms with Gasteiger partial charge in [-0.15, -0.1) is 0 Å². The molecule has 63 heavy (non-hydrogen) atoms. The van der Waals surface area contributed by atoms with Crippen molar-refractivity contribution in [3.8, 4) is 101 Å². The van der Waals surface area contributed by atoms with E-state index < -0.39 is 8.07 Å². The Bertz CT molecular complexity index is 3280. The van der Waals surface area contributed by atoms with Gasteiger partial charge in [0.1, 0.15) is 8.07 Å². The summed E-state index contributed by atoms with van der Waals surface area (Å²) in [6, 6.07) is 83.2. The van der Waals surface area contributed by atoms with E-state index in [0.717, 1.165) is 39.3 Å². The van der Waals surface area contributed by atoms with Crippen molar-refractivity contribution in [3.63, 3.8) is 0 Å². The molecule has 0 fully saturated rings. The molecule has 0 atom stereocenters. The second kappa shape index (κ2) is 16.0. The normalized spacial score (nSPS) is 12.4. The number of aromatic nitrogens is 2. The van der Waals surface area contributed by atoms with Gasteiger partial charge in [0.25, 0.3) is 0 Å². The Balaban J connectivity index is 0.998. The van der Waals surface area contributed by atoms with E-state index in [2.05, 4.69) is 244 Å². The topological polar surface area (TPSA) is 25.8 Å².